The SMILES string of the molecule is CC(CO)NC(=O)c1ccc(F)cc1. The van der Waals surface area contributed by atoms with E-state index < -0.39 is 0 Å². The summed E-state index contributed by atoms with van der Waals surface area (Å²) in [5.74, 6) is -0.691. The van der Waals surface area contributed by atoms with E-state index in [1.54, 1.807) is 6.92 Å². The molecule has 1 atom stereocenters. The van der Waals surface area contributed by atoms with Gasteiger partial charge in [0.25, 0.3) is 5.91 Å². The first-order chi connectivity index (χ1) is 6.63. The summed E-state index contributed by atoms with van der Waals surface area (Å²) in [6.07, 6.45) is 0. The van der Waals surface area contributed by atoms with Gasteiger partial charge in [-0.05, 0) is 31.2 Å². The molecule has 14 heavy (non-hydrogen) atoms. The molecule has 76 valence electrons. The third-order valence-corrected chi connectivity index (χ3v) is 1.76. The highest BCUT2D eigenvalue weighted by Crippen LogP contribution is 2.02. The third kappa shape index (κ3) is 2.81. The van der Waals surface area contributed by atoms with Crippen LogP contribution < -0.4 is 5.32 Å². The Labute approximate surface area is 81.6 Å². The van der Waals surface area contributed by atoms with E-state index in [0.29, 0.717) is 5.56 Å². The maximum atomic E-state index is 12.5. The Bertz CT molecular complexity index is 310. The van der Waals surface area contributed by atoms with Crippen LogP contribution in [0.4, 0.5) is 4.39 Å². The lowest BCUT2D eigenvalue weighted by molar-refractivity contribution is 0.0922. The minimum atomic E-state index is -0.378. The molecule has 1 aromatic rings. The molecular weight excluding hydrogens is 185 g/mol. The number of halogens is 1. The van der Waals surface area contributed by atoms with E-state index in [0.717, 1.165) is 0 Å². The highest BCUT2D eigenvalue weighted by molar-refractivity contribution is 5.94. The van der Waals surface area contributed by atoms with Gasteiger partial charge in [-0.25, -0.2) is 4.39 Å². The van der Waals surface area contributed by atoms with Gasteiger partial charge in [0, 0.05) is 11.6 Å². The fourth-order valence-electron chi connectivity index (χ4n) is 0.954. The minimum absolute atomic E-state index is 0.118. The van der Waals surface area contributed by atoms with Crippen LogP contribution in [-0.2, 0) is 0 Å². The van der Waals surface area contributed by atoms with Gasteiger partial charge >= 0.3 is 0 Å². The number of carbonyl (C=O) groups is 1. The monoisotopic (exact) mass is 197 g/mol. The number of hydrogen-bond acceptors (Lipinski definition) is 2. The maximum Gasteiger partial charge on any atom is 0.251 e. The predicted molar refractivity (Wildman–Crippen MR) is 50.4 cm³/mol. The van der Waals surface area contributed by atoms with E-state index in [2.05, 4.69) is 5.32 Å². The fraction of sp³-hybridized carbons (Fsp3) is 0.300. The van der Waals surface area contributed by atoms with Gasteiger partial charge in [0.2, 0.25) is 0 Å². The van der Waals surface area contributed by atoms with Gasteiger partial charge in [-0.2, -0.15) is 0 Å². The molecule has 0 fully saturated rings. The molecule has 1 aromatic carbocycles. The summed E-state index contributed by atoms with van der Waals surface area (Å²) >= 11 is 0. The van der Waals surface area contributed by atoms with E-state index in [9.17, 15) is 9.18 Å². The molecular formula is C10H12FNO2. The van der Waals surface area contributed by atoms with Crippen molar-refractivity contribution in [2.45, 2.75) is 13.0 Å². The Morgan fingerprint density at radius 3 is 2.57 bits per heavy atom. The number of carbonyl (C=O) groups excluding carboxylic acids is 1. The smallest absolute Gasteiger partial charge is 0.251 e. The van der Waals surface area contributed by atoms with Gasteiger partial charge in [0.05, 0.1) is 6.61 Å². The zero-order chi connectivity index (χ0) is 10.6. The zero-order valence-corrected chi connectivity index (χ0v) is 7.83. The molecule has 0 radical (unpaired) electrons. The normalized spacial score (nSPS) is 12.2. The summed E-state index contributed by atoms with van der Waals surface area (Å²) in [7, 11) is 0. The maximum absolute atomic E-state index is 12.5. The molecule has 0 saturated heterocycles. The van der Waals surface area contributed by atoms with E-state index >= 15 is 0 Å². The largest absolute Gasteiger partial charge is 0.394 e. The topological polar surface area (TPSA) is 49.3 Å². The van der Waals surface area contributed by atoms with Crippen LogP contribution in [0.15, 0.2) is 24.3 Å². The van der Waals surface area contributed by atoms with Crippen molar-refractivity contribution in [1.29, 1.82) is 0 Å². The first-order valence-electron chi connectivity index (χ1n) is 4.30. The quantitative estimate of drug-likeness (QED) is 0.757. The van der Waals surface area contributed by atoms with Crippen molar-refractivity contribution >= 4 is 5.91 Å². The number of benzene rings is 1. The Morgan fingerprint density at radius 2 is 2.07 bits per heavy atom. The molecule has 1 unspecified atom stereocenters. The van der Waals surface area contributed by atoms with Crippen LogP contribution in [0, 0.1) is 5.82 Å². The van der Waals surface area contributed by atoms with E-state index in [1.807, 2.05) is 0 Å². The van der Waals surface area contributed by atoms with Crippen molar-refractivity contribution in [1.82, 2.24) is 5.32 Å². The van der Waals surface area contributed by atoms with Crippen molar-refractivity contribution < 1.29 is 14.3 Å². The molecule has 0 aliphatic rings. The molecule has 0 aromatic heterocycles. The predicted octanol–water partition coefficient (Wildman–Crippen LogP) is 0.936. The second-order valence-corrected chi connectivity index (χ2v) is 3.06. The molecule has 1 amide bonds. The molecule has 0 bridgehead atoms. The van der Waals surface area contributed by atoms with Crippen LogP contribution in [0.5, 0.6) is 0 Å². The average molecular weight is 197 g/mol. The highest BCUT2D eigenvalue weighted by atomic mass is 19.1. The molecule has 0 saturated carbocycles. The van der Waals surface area contributed by atoms with Crippen LogP contribution in [0.25, 0.3) is 0 Å². The van der Waals surface area contributed by atoms with E-state index in [1.165, 1.54) is 24.3 Å². The molecule has 1 rings (SSSR count). The Hall–Kier alpha value is -1.42. The molecule has 0 spiro atoms. The highest BCUT2D eigenvalue weighted by Gasteiger charge is 2.08. The summed E-state index contributed by atoms with van der Waals surface area (Å²) in [4.78, 5) is 11.4. The van der Waals surface area contributed by atoms with E-state index in [-0.39, 0.29) is 24.4 Å². The third-order valence-electron chi connectivity index (χ3n) is 1.76. The first kappa shape index (κ1) is 10.7. The molecule has 0 aliphatic heterocycles. The van der Waals surface area contributed by atoms with Gasteiger partial charge in [-0.3, -0.25) is 4.79 Å². The van der Waals surface area contributed by atoms with Crippen molar-refractivity contribution in [2.75, 3.05) is 6.61 Å². The van der Waals surface area contributed by atoms with Gasteiger partial charge in [0.15, 0.2) is 0 Å². The van der Waals surface area contributed by atoms with Crippen LogP contribution in [0.3, 0.4) is 0 Å². The summed E-state index contributed by atoms with van der Waals surface area (Å²) in [5, 5.41) is 11.3. The van der Waals surface area contributed by atoms with Gasteiger partial charge < -0.3 is 10.4 Å². The summed E-state index contributed by atoms with van der Waals surface area (Å²) in [5.41, 5.74) is 0.381. The standard InChI is InChI=1S/C10H12FNO2/c1-7(6-13)12-10(14)8-2-4-9(11)5-3-8/h2-5,7,13H,6H2,1H3,(H,12,14). The molecule has 3 nitrogen and oxygen atoms in total. The number of nitrogens with one attached hydrogen (secondary N) is 1. The van der Waals surface area contributed by atoms with Gasteiger partial charge in [0.1, 0.15) is 5.82 Å². The Kier molecular flexibility index (Phi) is 3.59. The van der Waals surface area contributed by atoms with Crippen molar-refractivity contribution in [2.24, 2.45) is 0 Å². The number of amides is 1. The van der Waals surface area contributed by atoms with Crippen molar-refractivity contribution in [3.63, 3.8) is 0 Å². The fourth-order valence-corrected chi connectivity index (χ4v) is 0.954. The zero-order valence-electron chi connectivity index (χ0n) is 7.83. The lowest BCUT2D eigenvalue weighted by Gasteiger charge is -2.10. The second kappa shape index (κ2) is 4.72. The van der Waals surface area contributed by atoms with Crippen LogP contribution in [0.1, 0.15) is 17.3 Å². The van der Waals surface area contributed by atoms with Gasteiger partial charge in [-0.1, -0.05) is 0 Å². The lowest BCUT2D eigenvalue weighted by atomic mass is 10.2. The molecule has 0 aliphatic carbocycles. The molecule has 2 N–H and O–H groups in total. The van der Waals surface area contributed by atoms with Crippen molar-refractivity contribution in [3.05, 3.63) is 35.6 Å². The summed E-state index contributed by atoms with van der Waals surface area (Å²) in [6, 6.07) is 4.94. The second-order valence-electron chi connectivity index (χ2n) is 3.06. The number of hydrogen-bond donors (Lipinski definition) is 2. The number of aliphatic hydroxyl groups is 1. The Balaban J connectivity index is 2.65. The number of rotatable bonds is 3. The summed E-state index contributed by atoms with van der Waals surface area (Å²) in [6.45, 7) is 1.56. The van der Waals surface area contributed by atoms with Crippen LogP contribution >= 0.6 is 0 Å². The van der Waals surface area contributed by atoms with Crippen LogP contribution in [0.2, 0.25) is 0 Å². The first-order valence-corrected chi connectivity index (χ1v) is 4.30. The van der Waals surface area contributed by atoms with Gasteiger partial charge in [-0.15, -0.1) is 0 Å². The minimum Gasteiger partial charge on any atom is -0.394 e. The molecule has 4 heteroatoms. The number of aliphatic hydroxyl groups excluding tert-OH is 1. The molecule has 0 heterocycles. The lowest BCUT2D eigenvalue weighted by Crippen LogP contribution is -2.34. The van der Waals surface area contributed by atoms with Crippen LogP contribution in [-0.4, -0.2) is 23.7 Å². The summed E-state index contributed by atoms with van der Waals surface area (Å²) < 4.78 is 12.5. The van der Waals surface area contributed by atoms with E-state index in [4.69, 9.17) is 5.11 Å². The van der Waals surface area contributed by atoms with Crippen molar-refractivity contribution in [3.8, 4) is 0 Å². The Morgan fingerprint density at radius 1 is 1.50 bits per heavy atom. The average Bonchev–Trinajstić information content (AvgIpc) is 2.18.